The molecule has 4 heteroatoms. The molecule has 0 radical (unpaired) electrons. The Kier molecular flexibility index (Phi) is 4.36. The summed E-state index contributed by atoms with van der Waals surface area (Å²) >= 11 is 9.71. The van der Waals surface area contributed by atoms with Crippen molar-refractivity contribution in [3.63, 3.8) is 0 Å². The standard InChI is InChI=1S/C14H12BrClFN/c1-9-2-4-11(18-8-9)7-14(16)12-6-10(17)3-5-13(12)15/h2-6,8,14H,7H2,1H3. The highest BCUT2D eigenvalue weighted by molar-refractivity contribution is 9.10. The molecule has 0 aliphatic heterocycles. The molecule has 1 unspecified atom stereocenters. The van der Waals surface area contributed by atoms with Gasteiger partial charge in [0.15, 0.2) is 0 Å². The fourth-order valence-corrected chi connectivity index (χ4v) is 2.66. The predicted molar refractivity (Wildman–Crippen MR) is 75.4 cm³/mol. The highest BCUT2D eigenvalue weighted by Crippen LogP contribution is 2.31. The molecule has 18 heavy (non-hydrogen) atoms. The van der Waals surface area contributed by atoms with Gasteiger partial charge in [-0.25, -0.2) is 4.39 Å². The first-order valence-corrected chi connectivity index (χ1v) is 6.80. The van der Waals surface area contributed by atoms with Gasteiger partial charge in [0.1, 0.15) is 5.82 Å². The highest BCUT2D eigenvalue weighted by Gasteiger charge is 2.14. The van der Waals surface area contributed by atoms with E-state index in [0.29, 0.717) is 6.42 Å². The smallest absolute Gasteiger partial charge is 0.123 e. The molecular weight excluding hydrogens is 317 g/mol. The largest absolute Gasteiger partial charge is 0.261 e. The van der Waals surface area contributed by atoms with Crippen molar-refractivity contribution in [3.8, 4) is 0 Å². The second-order valence-corrected chi connectivity index (χ2v) is 5.55. The molecule has 0 bridgehead atoms. The molecule has 2 rings (SSSR count). The molecule has 0 saturated carbocycles. The molecule has 1 atom stereocenters. The van der Waals surface area contributed by atoms with Gasteiger partial charge in [-0.15, -0.1) is 11.6 Å². The number of aryl methyl sites for hydroxylation is 1. The third-order valence-corrected chi connectivity index (χ3v) is 3.77. The average molecular weight is 329 g/mol. The van der Waals surface area contributed by atoms with Crippen LogP contribution in [0.3, 0.4) is 0 Å². The van der Waals surface area contributed by atoms with Crippen molar-refractivity contribution < 1.29 is 4.39 Å². The topological polar surface area (TPSA) is 12.9 Å². The lowest BCUT2D eigenvalue weighted by Crippen LogP contribution is -2.00. The van der Waals surface area contributed by atoms with Gasteiger partial charge in [0.25, 0.3) is 0 Å². The van der Waals surface area contributed by atoms with Crippen molar-refractivity contribution in [1.82, 2.24) is 4.98 Å². The Balaban J connectivity index is 2.18. The van der Waals surface area contributed by atoms with Crippen molar-refractivity contribution in [2.75, 3.05) is 0 Å². The van der Waals surface area contributed by atoms with Crippen molar-refractivity contribution in [3.05, 3.63) is 63.6 Å². The molecule has 2 aromatic rings. The average Bonchev–Trinajstić information content (AvgIpc) is 2.35. The van der Waals surface area contributed by atoms with Crippen LogP contribution >= 0.6 is 27.5 Å². The Labute approximate surface area is 119 Å². The molecule has 0 amide bonds. The summed E-state index contributed by atoms with van der Waals surface area (Å²) < 4.78 is 14.0. The number of rotatable bonds is 3. The number of nitrogens with zero attached hydrogens (tertiary/aromatic N) is 1. The number of hydrogen-bond acceptors (Lipinski definition) is 1. The van der Waals surface area contributed by atoms with Crippen LogP contribution in [0, 0.1) is 12.7 Å². The maximum absolute atomic E-state index is 13.2. The van der Waals surface area contributed by atoms with Gasteiger partial charge in [0.05, 0.1) is 5.38 Å². The van der Waals surface area contributed by atoms with Crippen LogP contribution in [0.4, 0.5) is 4.39 Å². The summed E-state index contributed by atoms with van der Waals surface area (Å²) in [7, 11) is 0. The third kappa shape index (κ3) is 3.30. The third-order valence-electron chi connectivity index (χ3n) is 2.66. The van der Waals surface area contributed by atoms with Crippen molar-refractivity contribution >= 4 is 27.5 Å². The lowest BCUT2D eigenvalue weighted by atomic mass is 10.1. The molecule has 94 valence electrons. The molecule has 1 aromatic heterocycles. The molecule has 0 spiro atoms. The fourth-order valence-electron chi connectivity index (χ4n) is 1.67. The SMILES string of the molecule is Cc1ccc(CC(Cl)c2cc(F)ccc2Br)nc1. The summed E-state index contributed by atoms with van der Waals surface area (Å²) in [6, 6.07) is 8.46. The maximum Gasteiger partial charge on any atom is 0.123 e. The van der Waals surface area contributed by atoms with Crippen molar-refractivity contribution in [2.24, 2.45) is 0 Å². The molecular formula is C14H12BrClFN. The van der Waals surface area contributed by atoms with Gasteiger partial charge in [0.2, 0.25) is 0 Å². The summed E-state index contributed by atoms with van der Waals surface area (Å²) in [5, 5.41) is -0.301. The van der Waals surface area contributed by atoms with Gasteiger partial charge in [-0.1, -0.05) is 22.0 Å². The summed E-state index contributed by atoms with van der Waals surface area (Å²) in [6.07, 6.45) is 2.38. The molecule has 1 heterocycles. The second kappa shape index (κ2) is 5.81. The fraction of sp³-hybridized carbons (Fsp3) is 0.214. The van der Waals surface area contributed by atoms with E-state index in [2.05, 4.69) is 20.9 Å². The number of benzene rings is 1. The van der Waals surface area contributed by atoms with Crippen LogP contribution < -0.4 is 0 Å². The van der Waals surface area contributed by atoms with E-state index in [9.17, 15) is 4.39 Å². The number of halogens is 3. The van der Waals surface area contributed by atoms with Crippen molar-refractivity contribution in [1.29, 1.82) is 0 Å². The van der Waals surface area contributed by atoms with Gasteiger partial charge < -0.3 is 0 Å². The number of alkyl halides is 1. The van der Waals surface area contributed by atoms with Crippen molar-refractivity contribution in [2.45, 2.75) is 18.7 Å². The van der Waals surface area contributed by atoms with E-state index in [1.54, 1.807) is 12.3 Å². The van der Waals surface area contributed by atoms with Crippen LogP contribution in [0.15, 0.2) is 41.0 Å². The van der Waals surface area contributed by atoms with Gasteiger partial charge in [-0.3, -0.25) is 4.98 Å². The van der Waals surface area contributed by atoms with Gasteiger partial charge in [-0.2, -0.15) is 0 Å². The van der Waals surface area contributed by atoms with Crippen LogP contribution in [0.5, 0.6) is 0 Å². The molecule has 1 nitrogen and oxygen atoms in total. The summed E-state index contributed by atoms with van der Waals surface area (Å²) in [4.78, 5) is 4.30. The quantitative estimate of drug-likeness (QED) is 0.737. The lowest BCUT2D eigenvalue weighted by Gasteiger charge is -2.11. The van der Waals surface area contributed by atoms with E-state index in [1.165, 1.54) is 12.1 Å². The maximum atomic E-state index is 13.2. The second-order valence-electron chi connectivity index (χ2n) is 4.16. The zero-order valence-electron chi connectivity index (χ0n) is 9.83. The minimum atomic E-state index is -0.301. The summed E-state index contributed by atoms with van der Waals surface area (Å²) in [5.41, 5.74) is 2.76. The van der Waals surface area contributed by atoms with E-state index < -0.39 is 0 Å². The van der Waals surface area contributed by atoms with Crippen LogP contribution in [0.1, 0.15) is 22.2 Å². The first-order chi connectivity index (χ1) is 8.56. The first-order valence-electron chi connectivity index (χ1n) is 5.57. The minimum absolute atomic E-state index is 0.282. The number of hydrogen-bond donors (Lipinski definition) is 0. The Morgan fingerprint density at radius 3 is 2.78 bits per heavy atom. The molecule has 1 aromatic carbocycles. The normalized spacial score (nSPS) is 12.4. The molecule has 0 aliphatic carbocycles. The molecule has 0 N–H and O–H groups in total. The Bertz CT molecular complexity index is 542. The predicted octanol–water partition coefficient (Wildman–Crippen LogP) is 4.81. The number of aromatic nitrogens is 1. The molecule has 0 aliphatic rings. The van der Waals surface area contributed by atoms with E-state index in [-0.39, 0.29) is 11.2 Å². The van der Waals surface area contributed by atoms with Gasteiger partial charge >= 0.3 is 0 Å². The molecule has 0 saturated heterocycles. The van der Waals surface area contributed by atoms with E-state index in [0.717, 1.165) is 21.3 Å². The van der Waals surface area contributed by atoms with Gasteiger partial charge in [-0.05, 0) is 42.3 Å². The Morgan fingerprint density at radius 2 is 2.11 bits per heavy atom. The Hall–Kier alpha value is -0.930. The zero-order valence-corrected chi connectivity index (χ0v) is 12.2. The number of pyridine rings is 1. The van der Waals surface area contributed by atoms with E-state index in [1.807, 2.05) is 19.1 Å². The van der Waals surface area contributed by atoms with Gasteiger partial charge in [0, 0.05) is 22.8 Å². The summed E-state index contributed by atoms with van der Waals surface area (Å²) in [6.45, 7) is 1.98. The van der Waals surface area contributed by atoms with E-state index >= 15 is 0 Å². The minimum Gasteiger partial charge on any atom is -0.261 e. The van der Waals surface area contributed by atoms with Crippen LogP contribution in [0.2, 0.25) is 0 Å². The molecule has 0 fully saturated rings. The van der Waals surface area contributed by atoms with Crippen LogP contribution in [-0.4, -0.2) is 4.98 Å². The summed E-state index contributed by atoms with van der Waals surface area (Å²) in [5.74, 6) is -0.282. The zero-order chi connectivity index (χ0) is 13.1. The van der Waals surface area contributed by atoms with Crippen LogP contribution in [-0.2, 0) is 6.42 Å². The Morgan fingerprint density at radius 1 is 1.33 bits per heavy atom. The van der Waals surface area contributed by atoms with E-state index in [4.69, 9.17) is 11.6 Å². The highest BCUT2D eigenvalue weighted by atomic mass is 79.9. The van der Waals surface area contributed by atoms with Crippen LogP contribution in [0.25, 0.3) is 0 Å². The first kappa shape index (κ1) is 13.5. The lowest BCUT2D eigenvalue weighted by molar-refractivity contribution is 0.624. The monoisotopic (exact) mass is 327 g/mol.